The van der Waals surface area contributed by atoms with Crippen molar-refractivity contribution < 1.29 is 9.21 Å². The van der Waals surface area contributed by atoms with E-state index in [2.05, 4.69) is 0 Å². The number of benzene rings is 1. The lowest BCUT2D eigenvalue weighted by Gasteiger charge is -1.99. The lowest BCUT2D eigenvalue weighted by molar-refractivity contribution is -0.117. The Kier molecular flexibility index (Phi) is 2.54. The molecule has 0 radical (unpaired) electrons. The molecule has 1 aromatic carbocycles. The van der Waals surface area contributed by atoms with Gasteiger partial charge in [0.2, 0.25) is 5.91 Å². The normalized spacial score (nSPS) is 10.1. The minimum Gasteiger partial charge on any atom is -0.464 e. The van der Waals surface area contributed by atoms with Gasteiger partial charge in [-0.2, -0.15) is 0 Å². The molecule has 0 spiro atoms. The summed E-state index contributed by atoms with van der Waals surface area (Å²) in [7, 11) is 0. The molecule has 76 valence electrons. The van der Waals surface area contributed by atoms with Gasteiger partial charge in [-0.15, -0.1) is 0 Å². The van der Waals surface area contributed by atoms with Crippen molar-refractivity contribution in [2.24, 2.45) is 5.73 Å². The molecule has 0 bridgehead atoms. The summed E-state index contributed by atoms with van der Waals surface area (Å²) in [6.07, 6.45) is 1.91. The summed E-state index contributed by atoms with van der Waals surface area (Å²) in [5.41, 5.74) is 7.01. The van der Waals surface area contributed by atoms with Gasteiger partial charge in [0.1, 0.15) is 5.76 Å². The molecule has 1 aromatic heterocycles. The minimum absolute atomic E-state index is 0.276. The number of nitrogens with two attached hydrogens (primary N) is 1. The standard InChI is InChI=1S/C12H11NO2/c13-12(14)8-9-3-5-10(6-4-9)11-2-1-7-15-11/h1-7H,8H2,(H2,13,14). The zero-order chi connectivity index (χ0) is 10.7. The Morgan fingerprint density at radius 2 is 1.93 bits per heavy atom. The van der Waals surface area contributed by atoms with Crippen molar-refractivity contribution >= 4 is 5.91 Å². The van der Waals surface area contributed by atoms with Gasteiger partial charge < -0.3 is 10.2 Å². The molecule has 3 nitrogen and oxygen atoms in total. The molecule has 0 aliphatic heterocycles. The highest BCUT2D eigenvalue weighted by Gasteiger charge is 2.01. The lowest BCUT2D eigenvalue weighted by atomic mass is 10.1. The SMILES string of the molecule is NC(=O)Cc1ccc(-c2ccco2)cc1. The van der Waals surface area contributed by atoms with Crippen LogP contribution in [-0.2, 0) is 11.2 Å². The Morgan fingerprint density at radius 3 is 2.47 bits per heavy atom. The van der Waals surface area contributed by atoms with E-state index in [0.29, 0.717) is 0 Å². The number of rotatable bonds is 3. The van der Waals surface area contributed by atoms with E-state index in [-0.39, 0.29) is 12.3 Å². The quantitative estimate of drug-likeness (QED) is 0.825. The zero-order valence-electron chi connectivity index (χ0n) is 8.14. The van der Waals surface area contributed by atoms with Gasteiger partial charge in [0, 0.05) is 5.56 Å². The van der Waals surface area contributed by atoms with Crippen LogP contribution in [0.1, 0.15) is 5.56 Å². The summed E-state index contributed by atoms with van der Waals surface area (Å²) in [6, 6.07) is 11.3. The van der Waals surface area contributed by atoms with Crippen molar-refractivity contribution in [3.8, 4) is 11.3 Å². The molecule has 0 atom stereocenters. The van der Waals surface area contributed by atoms with E-state index >= 15 is 0 Å². The largest absolute Gasteiger partial charge is 0.464 e. The maximum absolute atomic E-state index is 10.7. The molecule has 0 fully saturated rings. The minimum atomic E-state index is -0.319. The van der Waals surface area contributed by atoms with E-state index in [4.69, 9.17) is 10.2 Å². The fourth-order valence-electron chi connectivity index (χ4n) is 1.43. The molecule has 2 aromatic rings. The van der Waals surface area contributed by atoms with Crippen LogP contribution >= 0.6 is 0 Å². The Bertz CT molecular complexity index is 443. The van der Waals surface area contributed by atoms with Crippen molar-refractivity contribution in [2.45, 2.75) is 6.42 Å². The Hall–Kier alpha value is -2.03. The van der Waals surface area contributed by atoms with E-state index in [1.807, 2.05) is 36.4 Å². The van der Waals surface area contributed by atoms with Crippen molar-refractivity contribution in [1.82, 2.24) is 0 Å². The van der Waals surface area contributed by atoms with Crippen molar-refractivity contribution in [3.05, 3.63) is 48.2 Å². The van der Waals surface area contributed by atoms with Gasteiger partial charge >= 0.3 is 0 Å². The second-order valence-electron chi connectivity index (χ2n) is 3.32. The van der Waals surface area contributed by atoms with Crippen molar-refractivity contribution in [2.75, 3.05) is 0 Å². The van der Waals surface area contributed by atoms with Crippen molar-refractivity contribution in [3.63, 3.8) is 0 Å². The van der Waals surface area contributed by atoms with E-state index in [1.165, 1.54) is 0 Å². The molecule has 2 rings (SSSR count). The monoisotopic (exact) mass is 201 g/mol. The van der Waals surface area contributed by atoms with Gasteiger partial charge in [0.25, 0.3) is 0 Å². The Labute approximate surface area is 87.5 Å². The number of carbonyl (C=O) groups excluding carboxylic acids is 1. The van der Waals surface area contributed by atoms with E-state index in [1.54, 1.807) is 6.26 Å². The van der Waals surface area contributed by atoms with Crippen LogP contribution < -0.4 is 5.73 Å². The van der Waals surface area contributed by atoms with Gasteiger partial charge in [-0.3, -0.25) is 4.79 Å². The van der Waals surface area contributed by atoms with Crippen LogP contribution in [0.4, 0.5) is 0 Å². The number of amides is 1. The zero-order valence-corrected chi connectivity index (χ0v) is 8.14. The number of hydrogen-bond acceptors (Lipinski definition) is 2. The molecule has 0 aliphatic carbocycles. The van der Waals surface area contributed by atoms with Crippen LogP contribution in [0.3, 0.4) is 0 Å². The van der Waals surface area contributed by atoms with E-state index < -0.39 is 0 Å². The third kappa shape index (κ3) is 2.26. The van der Waals surface area contributed by atoms with Crippen LogP contribution in [0, 0.1) is 0 Å². The van der Waals surface area contributed by atoms with Crippen LogP contribution in [0.2, 0.25) is 0 Å². The van der Waals surface area contributed by atoms with Gasteiger partial charge in [0.05, 0.1) is 12.7 Å². The number of carbonyl (C=O) groups is 1. The topological polar surface area (TPSA) is 56.2 Å². The molecule has 3 heteroatoms. The van der Waals surface area contributed by atoms with Gasteiger partial charge in [-0.05, 0) is 17.7 Å². The molecule has 15 heavy (non-hydrogen) atoms. The average Bonchev–Trinajstić information content (AvgIpc) is 2.71. The molecule has 0 saturated carbocycles. The summed E-state index contributed by atoms with van der Waals surface area (Å²) in [5, 5.41) is 0. The maximum Gasteiger partial charge on any atom is 0.221 e. The number of primary amides is 1. The molecule has 0 saturated heterocycles. The maximum atomic E-state index is 10.7. The Balaban J connectivity index is 2.21. The number of furan rings is 1. The summed E-state index contributed by atoms with van der Waals surface area (Å²) in [5.74, 6) is 0.501. The van der Waals surface area contributed by atoms with Gasteiger partial charge in [0.15, 0.2) is 0 Å². The molecule has 1 amide bonds. The van der Waals surface area contributed by atoms with Crippen LogP contribution in [0.5, 0.6) is 0 Å². The molecular formula is C12H11NO2. The number of hydrogen-bond donors (Lipinski definition) is 1. The second kappa shape index (κ2) is 4.00. The first-order valence-electron chi connectivity index (χ1n) is 4.67. The average molecular weight is 201 g/mol. The van der Waals surface area contributed by atoms with Gasteiger partial charge in [-0.1, -0.05) is 24.3 Å². The molecule has 0 aliphatic rings. The van der Waals surface area contributed by atoms with Crippen LogP contribution in [-0.4, -0.2) is 5.91 Å². The molecule has 0 unspecified atom stereocenters. The molecule has 1 heterocycles. The summed E-state index contributed by atoms with van der Waals surface area (Å²) in [4.78, 5) is 10.7. The molecular weight excluding hydrogens is 190 g/mol. The lowest BCUT2D eigenvalue weighted by Crippen LogP contribution is -2.13. The second-order valence-corrected chi connectivity index (χ2v) is 3.32. The fourth-order valence-corrected chi connectivity index (χ4v) is 1.43. The highest BCUT2D eigenvalue weighted by atomic mass is 16.3. The summed E-state index contributed by atoms with van der Waals surface area (Å²) >= 11 is 0. The Morgan fingerprint density at radius 1 is 1.20 bits per heavy atom. The first kappa shape index (κ1) is 9.52. The van der Waals surface area contributed by atoms with Gasteiger partial charge in [-0.25, -0.2) is 0 Å². The summed E-state index contributed by atoms with van der Waals surface area (Å²) in [6.45, 7) is 0. The summed E-state index contributed by atoms with van der Waals surface area (Å²) < 4.78 is 5.25. The van der Waals surface area contributed by atoms with Crippen LogP contribution in [0.25, 0.3) is 11.3 Å². The predicted molar refractivity (Wildman–Crippen MR) is 57.0 cm³/mol. The first-order valence-corrected chi connectivity index (χ1v) is 4.67. The van der Waals surface area contributed by atoms with Crippen LogP contribution in [0.15, 0.2) is 47.1 Å². The third-order valence-corrected chi connectivity index (χ3v) is 2.14. The van der Waals surface area contributed by atoms with E-state index in [9.17, 15) is 4.79 Å². The highest BCUT2D eigenvalue weighted by Crippen LogP contribution is 2.19. The smallest absolute Gasteiger partial charge is 0.221 e. The van der Waals surface area contributed by atoms with E-state index in [0.717, 1.165) is 16.9 Å². The first-order chi connectivity index (χ1) is 7.25. The fraction of sp³-hybridized carbons (Fsp3) is 0.0833. The highest BCUT2D eigenvalue weighted by molar-refractivity contribution is 5.76. The van der Waals surface area contributed by atoms with Crippen molar-refractivity contribution in [1.29, 1.82) is 0 Å². The third-order valence-electron chi connectivity index (χ3n) is 2.14. The predicted octanol–water partition coefficient (Wildman–Crippen LogP) is 1.97. The molecule has 2 N–H and O–H groups in total.